The van der Waals surface area contributed by atoms with E-state index in [4.69, 9.17) is 20.9 Å². The van der Waals surface area contributed by atoms with Crippen molar-refractivity contribution in [2.75, 3.05) is 38.3 Å². The number of phenols is 1. The standard InChI is InChI=1S/C38H42F3N5O3/c1-3-4-5-22-12-27(47)15-29(31(22)17-39)33-32(40)16-30-35(34(33)41)43-37(44-36(30)45-18-23-6-7-24(19-45)42-23)49-21-38(10-11-38)20-46-25-8-9-26(46)14-28(13-25)48-2/h1,4-5,12,15-16,23-26,28,42,47H,6-11,13-14,17-21H2,2H3/b5-4-. The zero-order chi connectivity index (χ0) is 33.9. The molecule has 4 saturated heterocycles. The van der Waals surface area contributed by atoms with Crippen LogP contribution in [0.1, 0.15) is 62.5 Å². The van der Waals surface area contributed by atoms with Gasteiger partial charge >= 0.3 is 6.01 Å². The molecule has 4 atom stereocenters. The minimum atomic E-state index is -1.03. The molecule has 49 heavy (non-hydrogen) atoms. The summed E-state index contributed by atoms with van der Waals surface area (Å²) in [6.45, 7) is 1.58. The van der Waals surface area contributed by atoms with Gasteiger partial charge in [-0.1, -0.05) is 5.92 Å². The molecule has 1 aliphatic carbocycles. The Morgan fingerprint density at radius 2 is 1.82 bits per heavy atom. The highest BCUT2D eigenvalue weighted by atomic mass is 19.1. The molecule has 4 bridgehead atoms. The summed E-state index contributed by atoms with van der Waals surface area (Å²) in [5.74, 6) is 0.604. The van der Waals surface area contributed by atoms with E-state index in [9.17, 15) is 9.50 Å². The number of hydrogen-bond acceptors (Lipinski definition) is 8. The Morgan fingerprint density at radius 1 is 1.08 bits per heavy atom. The average Bonchev–Trinajstić information content (AvgIpc) is 3.73. The lowest BCUT2D eigenvalue weighted by Crippen LogP contribution is -2.51. The first kappa shape index (κ1) is 32.4. The minimum Gasteiger partial charge on any atom is -0.508 e. The average molecular weight is 674 g/mol. The number of ether oxygens (including phenoxy) is 2. The predicted molar refractivity (Wildman–Crippen MR) is 182 cm³/mol. The van der Waals surface area contributed by atoms with Crippen LogP contribution in [0.4, 0.5) is 19.0 Å². The molecule has 4 aliphatic heterocycles. The molecule has 5 fully saturated rings. The number of rotatable bonds is 10. The van der Waals surface area contributed by atoms with E-state index in [0.717, 1.165) is 45.1 Å². The number of alkyl halides is 1. The van der Waals surface area contributed by atoms with Gasteiger partial charge in [0.05, 0.1) is 18.3 Å². The first-order valence-electron chi connectivity index (χ1n) is 17.4. The first-order chi connectivity index (χ1) is 23.8. The fourth-order valence-electron chi connectivity index (χ4n) is 8.82. The molecule has 4 unspecified atom stereocenters. The molecule has 0 amide bonds. The maximum absolute atomic E-state index is 16.8. The number of benzene rings is 2. The van der Waals surface area contributed by atoms with Crippen molar-refractivity contribution in [1.29, 1.82) is 0 Å². The normalized spacial score (nSPS) is 27.2. The highest BCUT2D eigenvalue weighted by Gasteiger charge is 2.50. The molecule has 11 heteroatoms. The number of halogens is 3. The molecular weight excluding hydrogens is 631 g/mol. The molecule has 1 saturated carbocycles. The van der Waals surface area contributed by atoms with E-state index in [-0.39, 0.29) is 56.9 Å². The number of piperidine rings is 1. The Labute approximate surface area is 284 Å². The second kappa shape index (κ2) is 12.8. The van der Waals surface area contributed by atoms with Gasteiger partial charge in [0.2, 0.25) is 0 Å². The molecule has 258 valence electrons. The van der Waals surface area contributed by atoms with Crippen LogP contribution in [0, 0.1) is 29.4 Å². The molecule has 2 aromatic carbocycles. The summed E-state index contributed by atoms with van der Waals surface area (Å²) in [4.78, 5) is 14.1. The van der Waals surface area contributed by atoms with E-state index in [1.807, 2.05) is 0 Å². The lowest BCUT2D eigenvalue weighted by molar-refractivity contribution is -0.00554. The molecule has 5 aliphatic rings. The summed E-state index contributed by atoms with van der Waals surface area (Å²) in [5, 5.41) is 14.3. The van der Waals surface area contributed by atoms with Crippen molar-refractivity contribution < 1.29 is 27.8 Å². The second-order valence-corrected chi connectivity index (χ2v) is 14.7. The SMILES string of the molecule is C#C/C=C\c1cc(O)cc(-c2c(F)cc3c(N4CC5CCC(C4)N5)nc(OCC4(CN5C6CCC5CC(OC)C6)CC4)nc3c2F)c1CF. The largest absolute Gasteiger partial charge is 0.508 e. The third kappa shape index (κ3) is 6.02. The maximum Gasteiger partial charge on any atom is 0.319 e. The van der Waals surface area contributed by atoms with Crippen LogP contribution in [0.15, 0.2) is 24.3 Å². The maximum atomic E-state index is 16.8. The Morgan fingerprint density at radius 3 is 2.47 bits per heavy atom. The van der Waals surface area contributed by atoms with E-state index < -0.39 is 23.9 Å². The summed E-state index contributed by atoms with van der Waals surface area (Å²) >= 11 is 0. The quantitative estimate of drug-likeness (QED) is 0.249. The second-order valence-electron chi connectivity index (χ2n) is 14.7. The van der Waals surface area contributed by atoms with Gasteiger partial charge in [0.15, 0.2) is 5.82 Å². The number of terminal acetylenes is 1. The molecular formula is C38H42F3N5O3. The van der Waals surface area contributed by atoms with Gasteiger partial charge in [-0.25, -0.2) is 13.2 Å². The third-order valence-electron chi connectivity index (χ3n) is 11.5. The smallest absolute Gasteiger partial charge is 0.319 e. The lowest BCUT2D eigenvalue weighted by Gasteiger charge is -2.40. The van der Waals surface area contributed by atoms with Crippen LogP contribution in [0.3, 0.4) is 0 Å². The molecule has 8 rings (SSSR count). The summed E-state index contributed by atoms with van der Waals surface area (Å²) in [6, 6.07) is 5.29. The molecule has 0 radical (unpaired) electrons. The Hall–Kier alpha value is -3.85. The van der Waals surface area contributed by atoms with Crippen molar-refractivity contribution in [2.45, 2.75) is 88.3 Å². The van der Waals surface area contributed by atoms with Crippen LogP contribution in [0.25, 0.3) is 28.1 Å². The summed E-state index contributed by atoms with van der Waals surface area (Å²) in [5.41, 5.74) is -0.489. The van der Waals surface area contributed by atoms with E-state index >= 15 is 8.78 Å². The molecule has 2 N–H and O–H groups in total. The van der Waals surface area contributed by atoms with Crippen molar-refractivity contribution in [3.8, 4) is 35.2 Å². The van der Waals surface area contributed by atoms with Gasteiger partial charge in [-0.15, -0.1) is 6.42 Å². The minimum absolute atomic E-state index is 0.00468. The van der Waals surface area contributed by atoms with Crippen LogP contribution < -0.4 is 15.0 Å². The third-order valence-corrected chi connectivity index (χ3v) is 11.5. The number of phenolic OH excluding ortho intramolecular Hbond substituents is 1. The van der Waals surface area contributed by atoms with Gasteiger partial charge in [-0.3, -0.25) is 4.90 Å². The number of hydrogen-bond donors (Lipinski definition) is 2. The molecule has 0 spiro atoms. The number of anilines is 1. The molecule has 1 aromatic heterocycles. The molecule has 3 aromatic rings. The number of piperazine rings is 1. The van der Waals surface area contributed by atoms with E-state index in [0.29, 0.717) is 43.7 Å². The van der Waals surface area contributed by atoms with Crippen LogP contribution in [0.5, 0.6) is 11.8 Å². The summed E-state index contributed by atoms with van der Waals surface area (Å²) in [7, 11) is 1.80. The van der Waals surface area contributed by atoms with E-state index in [2.05, 4.69) is 26.0 Å². The number of allylic oxidation sites excluding steroid dienone is 1. The van der Waals surface area contributed by atoms with Crippen LogP contribution in [-0.2, 0) is 11.4 Å². The Kier molecular flexibility index (Phi) is 8.45. The van der Waals surface area contributed by atoms with Crippen molar-refractivity contribution >= 4 is 22.8 Å². The van der Waals surface area contributed by atoms with Crippen LogP contribution in [-0.4, -0.2) is 83.6 Å². The molecule has 8 nitrogen and oxygen atoms in total. The molecule has 5 heterocycles. The van der Waals surface area contributed by atoms with Crippen LogP contribution >= 0.6 is 0 Å². The van der Waals surface area contributed by atoms with Gasteiger partial charge < -0.3 is 24.8 Å². The zero-order valence-electron chi connectivity index (χ0n) is 27.7. The summed E-state index contributed by atoms with van der Waals surface area (Å²) in [6.07, 6.45) is 17.0. The number of nitrogens with zero attached hydrogens (tertiary/aromatic N) is 4. The Bertz CT molecular complexity index is 1820. The number of fused-ring (bicyclic) bond motifs is 5. The number of nitrogens with one attached hydrogen (secondary N) is 1. The number of methoxy groups -OCH3 is 1. The fraction of sp³-hybridized carbons (Fsp3) is 0.526. The van der Waals surface area contributed by atoms with Gasteiger partial charge in [0, 0.05) is 61.7 Å². The van der Waals surface area contributed by atoms with Gasteiger partial charge in [-0.05, 0) is 98.4 Å². The van der Waals surface area contributed by atoms with Crippen molar-refractivity contribution in [2.24, 2.45) is 5.41 Å². The van der Waals surface area contributed by atoms with Crippen molar-refractivity contribution in [3.63, 3.8) is 0 Å². The van der Waals surface area contributed by atoms with E-state index in [1.165, 1.54) is 43.2 Å². The highest BCUT2D eigenvalue weighted by molar-refractivity contribution is 5.94. The fourth-order valence-corrected chi connectivity index (χ4v) is 8.82. The lowest BCUT2D eigenvalue weighted by atomic mass is 9.93. The first-order valence-corrected chi connectivity index (χ1v) is 17.4. The van der Waals surface area contributed by atoms with Gasteiger partial charge in [0.1, 0.15) is 29.6 Å². The number of aromatic nitrogens is 2. The zero-order valence-corrected chi connectivity index (χ0v) is 27.7. The van der Waals surface area contributed by atoms with Gasteiger partial charge in [0.25, 0.3) is 0 Å². The monoisotopic (exact) mass is 673 g/mol. The number of aromatic hydroxyl groups is 1. The topological polar surface area (TPSA) is 83.0 Å². The Balaban J connectivity index is 1.16. The summed E-state index contributed by atoms with van der Waals surface area (Å²) < 4.78 is 59.5. The predicted octanol–water partition coefficient (Wildman–Crippen LogP) is 6.14. The van der Waals surface area contributed by atoms with E-state index in [1.54, 1.807) is 7.11 Å². The van der Waals surface area contributed by atoms with Crippen molar-refractivity contribution in [3.05, 3.63) is 47.0 Å². The highest BCUT2D eigenvalue weighted by Crippen LogP contribution is 2.50. The van der Waals surface area contributed by atoms with Crippen molar-refractivity contribution in [1.82, 2.24) is 20.2 Å². The van der Waals surface area contributed by atoms with Gasteiger partial charge in [-0.2, -0.15) is 9.97 Å². The van der Waals surface area contributed by atoms with Crippen LogP contribution in [0.2, 0.25) is 0 Å².